The summed E-state index contributed by atoms with van der Waals surface area (Å²) in [6.07, 6.45) is 1.49. The van der Waals surface area contributed by atoms with Crippen LogP contribution in [0.5, 0.6) is 5.75 Å². The number of aromatic nitrogens is 5. The van der Waals surface area contributed by atoms with Crippen molar-refractivity contribution in [1.82, 2.24) is 29.6 Å². The molecule has 0 saturated heterocycles. The van der Waals surface area contributed by atoms with Gasteiger partial charge in [0.15, 0.2) is 11.6 Å². The highest BCUT2D eigenvalue weighted by Crippen LogP contribution is 2.31. The molecule has 2 aromatic heterocycles. The Bertz CT molecular complexity index is 1670. The molecule has 1 amide bonds. The van der Waals surface area contributed by atoms with E-state index in [1.807, 2.05) is 48.5 Å². The van der Waals surface area contributed by atoms with Crippen LogP contribution < -0.4 is 10.1 Å². The first-order chi connectivity index (χ1) is 19.3. The van der Waals surface area contributed by atoms with Crippen LogP contribution in [-0.4, -0.2) is 70.0 Å². The summed E-state index contributed by atoms with van der Waals surface area (Å²) in [7, 11) is 4.89. The molecule has 5 aromatic rings. The molecular formula is C29H28FN7O3. The predicted molar refractivity (Wildman–Crippen MR) is 150 cm³/mol. The first-order valence-electron chi connectivity index (χ1n) is 12.5. The van der Waals surface area contributed by atoms with Crippen molar-refractivity contribution in [2.75, 3.05) is 39.7 Å². The SMILES string of the molecule is COCCOc1ccc(-c2ccc3ncnc(Nc4ccc(-n5nc(C(=O)N(C)C)nc5C)cc4)c3c2)cc1F. The van der Waals surface area contributed by atoms with Crippen LogP contribution >= 0.6 is 0 Å². The van der Waals surface area contributed by atoms with Gasteiger partial charge in [0.1, 0.15) is 24.6 Å². The number of amides is 1. The van der Waals surface area contributed by atoms with Gasteiger partial charge < -0.3 is 19.7 Å². The number of ether oxygens (including phenoxy) is 2. The monoisotopic (exact) mass is 541 g/mol. The van der Waals surface area contributed by atoms with Crippen LogP contribution in [0, 0.1) is 12.7 Å². The van der Waals surface area contributed by atoms with E-state index in [4.69, 9.17) is 9.47 Å². The van der Waals surface area contributed by atoms with E-state index in [9.17, 15) is 9.18 Å². The van der Waals surface area contributed by atoms with Gasteiger partial charge in [0.25, 0.3) is 5.91 Å². The molecular weight excluding hydrogens is 513 g/mol. The van der Waals surface area contributed by atoms with Crippen molar-refractivity contribution in [3.8, 4) is 22.6 Å². The van der Waals surface area contributed by atoms with E-state index in [2.05, 4.69) is 25.4 Å². The van der Waals surface area contributed by atoms with E-state index in [1.165, 1.54) is 17.3 Å². The Kier molecular flexibility index (Phi) is 7.65. The lowest BCUT2D eigenvalue weighted by atomic mass is 10.0. The van der Waals surface area contributed by atoms with Gasteiger partial charge in [0.05, 0.1) is 17.8 Å². The van der Waals surface area contributed by atoms with Gasteiger partial charge >= 0.3 is 0 Å². The smallest absolute Gasteiger partial charge is 0.293 e. The van der Waals surface area contributed by atoms with Crippen molar-refractivity contribution < 1.29 is 18.7 Å². The number of carbonyl (C=O) groups is 1. The number of methoxy groups -OCH3 is 1. The number of nitrogens with one attached hydrogen (secondary N) is 1. The molecule has 40 heavy (non-hydrogen) atoms. The number of fused-ring (bicyclic) bond motifs is 1. The molecule has 5 rings (SSSR count). The number of aryl methyl sites for hydroxylation is 1. The first-order valence-corrected chi connectivity index (χ1v) is 12.5. The number of halogens is 1. The van der Waals surface area contributed by atoms with Gasteiger partial charge in [-0.25, -0.2) is 24.0 Å². The highest BCUT2D eigenvalue weighted by Gasteiger charge is 2.17. The molecule has 0 atom stereocenters. The molecule has 0 radical (unpaired) electrons. The molecule has 0 saturated carbocycles. The van der Waals surface area contributed by atoms with Crippen LogP contribution in [0.2, 0.25) is 0 Å². The van der Waals surface area contributed by atoms with Gasteiger partial charge in [-0.05, 0) is 66.6 Å². The fourth-order valence-corrected chi connectivity index (χ4v) is 4.12. The Balaban J connectivity index is 1.39. The maximum Gasteiger partial charge on any atom is 0.293 e. The third-order valence-electron chi connectivity index (χ3n) is 6.19. The van der Waals surface area contributed by atoms with E-state index in [1.54, 1.807) is 38.9 Å². The molecule has 204 valence electrons. The van der Waals surface area contributed by atoms with Gasteiger partial charge in [-0.15, -0.1) is 5.10 Å². The highest BCUT2D eigenvalue weighted by atomic mass is 19.1. The first kappa shape index (κ1) is 26.7. The number of anilines is 2. The lowest BCUT2D eigenvalue weighted by Gasteiger charge is -2.12. The molecule has 10 nitrogen and oxygen atoms in total. The van der Waals surface area contributed by atoms with Crippen LogP contribution in [0.15, 0.2) is 67.0 Å². The van der Waals surface area contributed by atoms with Crippen molar-refractivity contribution in [3.05, 3.63) is 84.5 Å². The molecule has 0 bridgehead atoms. The fourth-order valence-electron chi connectivity index (χ4n) is 4.12. The van der Waals surface area contributed by atoms with E-state index in [-0.39, 0.29) is 24.1 Å². The number of carbonyl (C=O) groups excluding carboxylic acids is 1. The summed E-state index contributed by atoms with van der Waals surface area (Å²) in [6, 6.07) is 18.1. The number of nitrogens with zero attached hydrogens (tertiary/aromatic N) is 6. The Hall–Kier alpha value is -4.90. The Morgan fingerprint density at radius 1 is 1.00 bits per heavy atom. The third-order valence-corrected chi connectivity index (χ3v) is 6.19. The molecule has 2 heterocycles. The number of benzene rings is 3. The third kappa shape index (κ3) is 5.59. The van der Waals surface area contributed by atoms with Gasteiger partial charge in [-0.2, -0.15) is 0 Å². The normalized spacial score (nSPS) is 11.0. The highest BCUT2D eigenvalue weighted by molar-refractivity contribution is 5.94. The van der Waals surface area contributed by atoms with Gasteiger partial charge in [-0.1, -0.05) is 12.1 Å². The number of hydrogen-bond donors (Lipinski definition) is 1. The van der Waals surface area contributed by atoms with Crippen molar-refractivity contribution in [2.24, 2.45) is 0 Å². The standard InChI is InChI=1S/C29H28FN7O3/c1-18-33-28(29(38)36(2)3)35-37(18)22-9-7-21(8-10-22)34-27-23-15-19(5-11-25(23)31-17-32-27)20-6-12-26(24(30)16-20)40-14-13-39-4/h5-12,15-17H,13-14H2,1-4H3,(H,31,32,34). The largest absolute Gasteiger partial charge is 0.488 e. The van der Waals surface area contributed by atoms with Crippen LogP contribution in [-0.2, 0) is 4.74 Å². The fraction of sp³-hybridized carbons (Fsp3) is 0.207. The maximum atomic E-state index is 14.7. The van der Waals surface area contributed by atoms with Crippen LogP contribution in [0.3, 0.4) is 0 Å². The van der Waals surface area contributed by atoms with Crippen LogP contribution in [0.25, 0.3) is 27.7 Å². The summed E-state index contributed by atoms with van der Waals surface area (Å²) >= 11 is 0. The Morgan fingerprint density at radius 2 is 1.75 bits per heavy atom. The minimum absolute atomic E-state index is 0.140. The summed E-state index contributed by atoms with van der Waals surface area (Å²) in [6.45, 7) is 2.44. The van der Waals surface area contributed by atoms with Gasteiger partial charge in [-0.3, -0.25) is 4.79 Å². The molecule has 1 N–H and O–H groups in total. The molecule has 3 aromatic carbocycles. The minimum atomic E-state index is -0.447. The Labute approximate surface area is 230 Å². The summed E-state index contributed by atoms with van der Waals surface area (Å²) in [5, 5.41) is 8.48. The summed E-state index contributed by atoms with van der Waals surface area (Å²) in [4.78, 5) is 26.8. The van der Waals surface area contributed by atoms with Crippen LogP contribution in [0.4, 0.5) is 15.9 Å². The minimum Gasteiger partial charge on any atom is -0.488 e. The maximum absolute atomic E-state index is 14.7. The second kappa shape index (κ2) is 11.5. The zero-order valence-corrected chi connectivity index (χ0v) is 22.6. The molecule has 0 aliphatic rings. The summed E-state index contributed by atoms with van der Waals surface area (Å²) < 4.78 is 26.7. The van der Waals surface area contributed by atoms with E-state index in [0.29, 0.717) is 23.8 Å². The predicted octanol–water partition coefficient (Wildman–Crippen LogP) is 4.80. The quantitative estimate of drug-likeness (QED) is 0.265. The lowest BCUT2D eigenvalue weighted by Crippen LogP contribution is -2.23. The number of rotatable bonds is 9. The lowest BCUT2D eigenvalue weighted by molar-refractivity contribution is 0.0816. The molecule has 0 unspecified atom stereocenters. The van der Waals surface area contributed by atoms with Gasteiger partial charge in [0.2, 0.25) is 5.82 Å². The average molecular weight is 542 g/mol. The van der Waals surface area contributed by atoms with Crippen molar-refractivity contribution in [2.45, 2.75) is 6.92 Å². The van der Waals surface area contributed by atoms with Crippen molar-refractivity contribution in [1.29, 1.82) is 0 Å². The van der Waals surface area contributed by atoms with Crippen molar-refractivity contribution >= 4 is 28.3 Å². The second-order valence-corrected chi connectivity index (χ2v) is 9.21. The molecule has 0 aliphatic carbocycles. The average Bonchev–Trinajstić information content (AvgIpc) is 3.35. The van der Waals surface area contributed by atoms with E-state index >= 15 is 0 Å². The zero-order chi connectivity index (χ0) is 28.2. The summed E-state index contributed by atoms with van der Waals surface area (Å²) in [5.41, 5.74) is 3.81. The Morgan fingerprint density at radius 3 is 2.48 bits per heavy atom. The molecule has 0 fully saturated rings. The molecule has 11 heteroatoms. The van der Waals surface area contributed by atoms with Gasteiger partial charge in [0, 0.05) is 32.3 Å². The summed E-state index contributed by atoms with van der Waals surface area (Å²) in [5.74, 6) is 0.821. The van der Waals surface area contributed by atoms with E-state index < -0.39 is 5.82 Å². The zero-order valence-electron chi connectivity index (χ0n) is 22.6. The van der Waals surface area contributed by atoms with Crippen LogP contribution in [0.1, 0.15) is 16.4 Å². The van der Waals surface area contributed by atoms with Crippen molar-refractivity contribution in [3.63, 3.8) is 0 Å². The molecule has 0 spiro atoms. The second-order valence-electron chi connectivity index (χ2n) is 9.21. The number of hydrogen-bond acceptors (Lipinski definition) is 8. The molecule has 0 aliphatic heterocycles. The van der Waals surface area contributed by atoms with E-state index in [0.717, 1.165) is 27.8 Å². The topological polar surface area (TPSA) is 107 Å².